The molecule has 0 aliphatic heterocycles. The SMILES string of the molecule is COc1ccc([N+](=O)[O-])cc1-c1c(C(=O)O)c(C)nc(C)c1C(=O)O. The molecule has 25 heavy (non-hydrogen) atoms. The van der Waals surface area contributed by atoms with Crippen LogP contribution in [-0.4, -0.2) is 39.2 Å². The predicted molar refractivity (Wildman–Crippen MR) is 86.3 cm³/mol. The molecule has 0 fully saturated rings. The van der Waals surface area contributed by atoms with E-state index in [1.54, 1.807) is 0 Å². The van der Waals surface area contributed by atoms with Crippen LogP contribution >= 0.6 is 0 Å². The van der Waals surface area contributed by atoms with E-state index in [1.165, 1.54) is 33.1 Å². The number of nitro groups is 1. The van der Waals surface area contributed by atoms with E-state index in [2.05, 4.69) is 4.98 Å². The second-order valence-electron chi connectivity index (χ2n) is 5.16. The van der Waals surface area contributed by atoms with E-state index in [-0.39, 0.29) is 45.1 Å². The number of aromatic nitrogens is 1. The molecular formula is C16H14N2O7. The molecule has 130 valence electrons. The second kappa shape index (κ2) is 6.56. The van der Waals surface area contributed by atoms with Gasteiger partial charge in [-0.25, -0.2) is 9.59 Å². The lowest BCUT2D eigenvalue weighted by molar-refractivity contribution is -0.384. The fraction of sp³-hybridized carbons (Fsp3) is 0.188. The highest BCUT2D eigenvalue weighted by Gasteiger charge is 2.28. The van der Waals surface area contributed by atoms with E-state index in [0.717, 1.165) is 6.07 Å². The highest BCUT2D eigenvalue weighted by Crippen LogP contribution is 2.39. The van der Waals surface area contributed by atoms with Gasteiger partial charge in [-0.05, 0) is 19.9 Å². The molecule has 1 aromatic carbocycles. The maximum Gasteiger partial charge on any atom is 0.338 e. The maximum atomic E-state index is 11.7. The molecule has 9 heteroatoms. The number of hydrogen-bond acceptors (Lipinski definition) is 6. The Morgan fingerprint density at radius 3 is 2.04 bits per heavy atom. The van der Waals surface area contributed by atoms with Gasteiger partial charge >= 0.3 is 11.9 Å². The molecule has 0 aliphatic carbocycles. The van der Waals surface area contributed by atoms with Crippen molar-refractivity contribution in [1.29, 1.82) is 0 Å². The number of rotatable bonds is 5. The minimum atomic E-state index is -1.39. The van der Waals surface area contributed by atoms with E-state index < -0.39 is 16.9 Å². The summed E-state index contributed by atoms with van der Waals surface area (Å²) in [6.45, 7) is 2.85. The van der Waals surface area contributed by atoms with E-state index in [0.29, 0.717) is 0 Å². The Hall–Kier alpha value is -3.49. The van der Waals surface area contributed by atoms with Crippen molar-refractivity contribution in [3.8, 4) is 16.9 Å². The molecule has 0 saturated heterocycles. The van der Waals surface area contributed by atoms with Crippen molar-refractivity contribution in [3.05, 3.63) is 50.8 Å². The molecule has 0 unspecified atom stereocenters. The number of aromatic carboxylic acids is 2. The van der Waals surface area contributed by atoms with Crippen LogP contribution in [0.1, 0.15) is 32.1 Å². The molecule has 0 bridgehead atoms. The number of pyridine rings is 1. The predicted octanol–water partition coefficient (Wildman–Crippen LogP) is 2.68. The number of ether oxygens (including phenoxy) is 1. The minimum absolute atomic E-state index is 0.0000926. The summed E-state index contributed by atoms with van der Waals surface area (Å²) in [5.41, 5.74) is -0.998. The first-order valence-corrected chi connectivity index (χ1v) is 6.99. The van der Waals surface area contributed by atoms with Gasteiger partial charge in [0.25, 0.3) is 5.69 Å². The molecule has 2 aromatic rings. The van der Waals surface area contributed by atoms with Gasteiger partial charge in [-0.3, -0.25) is 15.1 Å². The average Bonchev–Trinajstić information content (AvgIpc) is 2.52. The van der Waals surface area contributed by atoms with Crippen LogP contribution in [0.25, 0.3) is 11.1 Å². The Morgan fingerprint density at radius 1 is 1.12 bits per heavy atom. The van der Waals surface area contributed by atoms with Crippen molar-refractivity contribution in [2.24, 2.45) is 0 Å². The second-order valence-corrected chi connectivity index (χ2v) is 5.16. The van der Waals surface area contributed by atoms with Crippen LogP contribution in [-0.2, 0) is 0 Å². The van der Waals surface area contributed by atoms with Gasteiger partial charge in [0.2, 0.25) is 0 Å². The molecule has 1 aromatic heterocycles. The Labute approximate surface area is 141 Å². The number of carboxylic acid groups (broad SMARTS) is 2. The van der Waals surface area contributed by atoms with Crippen molar-refractivity contribution < 1.29 is 29.5 Å². The van der Waals surface area contributed by atoms with Gasteiger partial charge in [0.05, 0.1) is 34.5 Å². The number of carboxylic acids is 2. The largest absolute Gasteiger partial charge is 0.496 e. The lowest BCUT2D eigenvalue weighted by Gasteiger charge is -2.16. The standard InChI is InChI=1S/C16H14N2O7/c1-7-12(15(19)20)14(13(16(21)22)8(2)17-7)10-6-9(18(23)24)4-5-11(10)25-3/h4-6H,1-3H3,(H,19,20)(H,21,22). The average molecular weight is 346 g/mol. The molecule has 0 aliphatic rings. The van der Waals surface area contributed by atoms with Gasteiger partial charge in [-0.15, -0.1) is 0 Å². The number of methoxy groups -OCH3 is 1. The van der Waals surface area contributed by atoms with E-state index in [1.807, 2.05) is 0 Å². The molecular weight excluding hydrogens is 332 g/mol. The van der Waals surface area contributed by atoms with Crippen LogP contribution in [0.4, 0.5) is 5.69 Å². The van der Waals surface area contributed by atoms with Crippen molar-refractivity contribution in [2.75, 3.05) is 7.11 Å². The Balaban J connectivity index is 3.04. The monoisotopic (exact) mass is 346 g/mol. The number of nitro benzene ring substituents is 1. The molecule has 0 spiro atoms. The van der Waals surface area contributed by atoms with Crippen LogP contribution < -0.4 is 4.74 Å². The van der Waals surface area contributed by atoms with E-state index >= 15 is 0 Å². The van der Waals surface area contributed by atoms with Gasteiger partial charge in [0, 0.05) is 23.3 Å². The molecule has 0 saturated carbocycles. The molecule has 2 N–H and O–H groups in total. The number of hydrogen-bond donors (Lipinski definition) is 2. The third kappa shape index (κ3) is 3.11. The summed E-state index contributed by atoms with van der Waals surface area (Å²) in [6.07, 6.45) is 0. The van der Waals surface area contributed by atoms with Gasteiger partial charge in [-0.1, -0.05) is 0 Å². The van der Waals surface area contributed by atoms with Crippen LogP contribution in [0.3, 0.4) is 0 Å². The first-order chi connectivity index (χ1) is 11.7. The lowest BCUT2D eigenvalue weighted by Crippen LogP contribution is -2.14. The Morgan fingerprint density at radius 2 is 1.64 bits per heavy atom. The molecule has 1 heterocycles. The first-order valence-electron chi connectivity index (χ1n) is 6.99. The quantitative estimate of drug-likeness (QED) is 0.622. The summed E-state index contributed by atoms with van der Waals surface area (Å²) in [4.78, 5) is 37.8. The summed E-state index contributed by atoms with van der Waals surface area (Å²) in [6, 6.07) is 3.56. The highest BCUT2D eigenvalue weighted by atomic mass is 16.6. The Kier molecular flexibility index (Phi) is 4.68. The minimum Gasteiger partial charge on any atom is -0.496 e. The summed E-state index contributed by atoms with van der Waals surface area (Å²) < 4.78 is 5.15. The highest BCUT2D eigenvalue weighted by molar-refractivity contribution is 6.07. The maximum absolute atomic E-state index is 11.7. The smallest absolute Gasteiger partial charge is 0.338 e. The number of aryl methyl sites for hydroxylation is 2. The van der Waals surface area contributed by atoms with Crippen LogP contribution in [0, 0.1) is 24.0 Å². The van der Waals surface area contributed by atoms with Crippen molar-refractivity contribution in [3.63, 3.8) is 0 Å². The fourth-order valence-electron chi connectivity index (χ4n) is 2.65. The van der Waals surface area contributed by atoms with Crippen molar-refractivity contribution >= 4 is 17.6 Å². The zero-order valence-electron chi connectivity index (χ0n) is 13.6. The van der Waals surface area contributed by atoms with Gasteiger partial charge in [-0.2, -0.15) is 0 Å². The summed E-state index contributed by atoms with van der Waals surface area (Å²) in [5, 5.41) is 30.2. The molecule has 9 nitrogen and oxygen atoms in total. The van der Waals surface area contributed by atoms with E-state index in [9.17, 15) is 29.9 Å². The summed E-state index contributed by atoms with van der Waals surface area (Å²) >= 11 is 0. The van der Waals surface area contributed by atoms with Gasteiger partial charge < -0.3 is 14.9 Å². The first kappa shape index (κ1) is 17.9. The van der Waals surface area contributed by atoms with Crippen molar-refractivity contribution in [1.82, 2.24) is 4.98 Å². The third-order valence-corrected chi connectivity index (χ3v) is 3.65. The zero-order valence-corrected chi connectivity index (χ0v) is 13.6. The molecule has 0 atom stereocenters. The Bertz CT molecular complexity index is 868. The van der Waals surface area contributed by atoms with Crippen LogP contribution in [0.5, 0.6) is 5.75 Å². The molecule has 2 rings (SSSR count). The number of carbonyl (C=O) groups is 2. The fourth-order valence-corrected chi connectivity index (χ4v) is 2.65. The van der Waals surface area contributed by atoms with Crippen molar-refractivity contribution in [2.45, 2.75) is 13.8 Å². The number of benzene rings is 1. The summed E-state index contributed by atoms with van der Waals surface area (Å²) in [7, 11) is 1.30. The van der Waals surface area contributed by atoms with Crippen LogP contribution in [0.2, 0.25) is 0 Å². The molecule has 0 amide bonds. The lowest BCUT2D eigenvalue weighted by atomic mass is 9.91. The normalized spacial score (nSPS) is 10.4. The summed E-state index contributed by atoms with van der Waals surface area (Å²) in [5.74, 6) is -2.67. The van der Waals surface area contributed by atoms with E-state index in [4.69, 9.17) is 4.74 Å². The van der Waals surface area contributed by atoms with Crippen LogP contribution in [0.15, 0.2) is 18.2 Å². The number of non-ortho nitro benzene ring substituents is 1. The topological polar surface area (TPSA) is 140 Å². The third-order valence-electron chi connectivity index (χ3n) is 3.65. The number of nitrogens with zero attached hydrogens (tertiary/aromatic N) is 2. The zero-order chi connectivity index (χ0) is 18.9. The van der Waals surface area contributed by atoms with Gasteiger partial charge in [0.15, 0.2) is 0 Å². The van der Waals surface area contributed by atoms with Gasteiger partial charge in [0.1, 0.15) is 5.75 Å². The molecule has 0 radical (unpaired) electrons.